The Balaban J connectivity index is -0.000000404. The first-order chi connectivity index (χ1) is 48.8. The SMILES string of the molecule is CCCCCCCCCCN(CCCCCCCCCC)OC(=S)[S-].CCCCCCCCCCN(CCCCCCCCCC)OC(=S)[S-].CCCCCCCCCCN(CCCCCCCCCC)OC(=S)[S-].CCCCCCCCCCN(CCCCCCCCCC)OC(=S)[S-].[Mo+4]. The van der Waals surface area contributed by atoms with Crippen molar-refractivity contribution in [3.05, 3.63) is 0 Å². The third kappa shape index (κ3) is 105. The van der Waals surface area contributed by atoms with E-state index < -0.39 is 0 Å². The maximum Gasteiger partial charge on any atom is 4.00 e. The Hall–Kier alpha value is 0.968. The summed E-state index contributed by atoms with van der Waals surface area (Å²) in [6, 6.07) is 0. The van der Waals surface area contributed by atoms with Crippen LogP contribution in [-0.2, 0) is 90.9 Å². The van der Waals surface area contributed by atoms with Crippen LogP contribution in [0.3, 0.4) is 0 Å². The standard InChI is InChI=1S/4C21H43NOS2.Mo/c4*1-3-5-7-9-11-13-15-17-19-22(23-21(24)25)20-18-16-14-12-10-8-6-4-2;/h4*3-20H2,1-2H3,(H,24,25);/q;;;;+4/p-4. The Labute approximate surface area is 690 Å². The van der Waals surface area contributed by atoms with Crippen molar-refractivity contribution < 1.29 is 40.4 Å². The van der Waals surface area contributed by atoms with E-state index in [4.69, 9.17) is 119 Å². The Morgan fingerprint density at radius 1 is 0.168 bits per heavy atom. The van der Waals surface area contributed by atoms with Crippen molar-refractivity contribution in [3.8, 4) is 0 Å². The number of thiocarbonyl (C=S) groups is 4. The summed E-state index contributed by atoms with van der Waals surface area (Å²) < 4.78 is 0.941. The van der Waals surface area contributed by atoms with Gasteiger partial charge >= 0.3 is 21.1 Å². The van der Waals surface area contributed by atoms with Crippen molar-refractivity contribution in [2.75, 3.05) is 52.4 Å². The normalized spacial score (nSPS) is 11.0. The molecule has 0 aliphatic carbocycles. The van der Waals surface area contributed by atoms with Crippen molar-refractivity contribution in [3.63, 3.8) is 0 Å². The van der Waals surface area contributed by atoms with E-state index in [0.717, 1.165) is 52.4 Å². The van der Waals surface area contributed by atoms with E-state index in [2.05, 4.69) is 55.4 Å². The quantitative estimate of drug-likeness (QED) is 0.0191. The van der Waals surface area contributed by atoms with E-state index in [1.54, 1.807) is 0 Å². The van der Waals surface area contributed by atoms with E-state index in [0.29, 0.717) is 0 Å². The summed E-state index contributed by atoms with van der Waals surface area (Å²) in [5.41, 5.74) is 0. The van der Waals surface area contributed by atoms with E-state index in [1.807, 2.05) is 20.3 Å². The van der Waals surface area contributed by atoms with E-state index in [1.165, 1.54) is 411 Å². The second-order valence-corrected chi connectivity index (χ2v) is 32.9. The Kier molecular flexibility index (Phi) is 108. The Morgan fingerprint density at radius 2 is 0.248 bits per heavy atom. The molecule has 0 amide bonds. The molecule has 0 rings (SSSR count). The zero-order valence-electron chi connectivity index (χ0n) is 68.0. The van der Waals surface area contributed by atoms with Crippen molar-refractivity contribution in [2.45, 2.75) is 466 Å². The number of unbranched alkanes of at least 4 members (excludes halogenated alkanes) is 56. The van der Waals surface area contributed by atoms with Crippen LogP contribution in [0.25, 0.3) is 0 Å². The molecule has 8 nitrogen and oxygen atoms in total. The smallest absolute Gasteiger partial charge is 0.426 e. The van der Waals surface area contributed by atoms with Crippen LogP contribution in [0.5, 0.6) is 0 Å². The van der Waals surface area contributed by atoms with E-state index in [-0.39, 0.29) is 38.6 Å². The van der Waals surface area contributed by atoms with E-state index >= 15 is 0 Å². The average Bonchev–Trinajstić information content (AvgIpc) is 3.20. The molecule has 17 heteroatoms. The third-order valence-corrected chi connectivity index (χ3v) is 19.5. The van der Waals surface area contributed by atoms with Gasteiger partial charge in [-0.2, -0.15) is 0 Å². The molecule has 0 atom stereocenters. The molecule has 0 saturated heterocycles. The maximum atomic E-state index is 5.55. The molecule has 0 fully saturated rings. The number of nitrogens with zero attached hydrogens (tertiary/aromatic N) is 4. The van der Waals surface area contributed by atoms with Gasteiger partial charge in [0.2, 0.25) is 0 Å². The maximum absolute atomic E-state index is 5.55. The fourth-order valence-electron chi connectivity index (χ4n) is 12.6. The minimum absolute atomic E-state index is 0. The van der Waals surface area contributed by atoms with E-state index in [9.17, 15) is 0 Å². The van der Waals surface area contributed by atoms with Crippen molar-refractivity contribution in [1.82, 2.24) is 20.3 Å². The molecule has 0 aliphatic rings. The molecule has 0 aromatic heterocycles. The predicted octanol–water partition coefficient (Wildman–Crippen LogP) is 29.3. The van der Waals surface area contributed by atoms with Crippen LogP contribution in [0.4, 0.5) is 0 Å². The Bertz CT molecular complexity index is 1300. The van der Waals surface area contributed by atoms with Gasteiger partial charge in [0.05, 0.1) is 17.5 Å². The van der Waals surface area contributed by atoms with Gasteiger partial charge in [-0.05, 0) is 51.4 Å². The van der Waals surface area contributed by atoms with Gasteiger partial charge in [-0.25, -0.2) is 0 Å². The minimum atomic E-state index is 0. The molecule has 0 unspecified atom stereocenters. The molecular formula is C84H168MoN4O4S8. The van der Waals surface area contributed by atoms with Crippen molar-refractivity contribution in [2.24, 2.45) is 0 Å². The average molecular weight is 1650 g/mol. The van der Waals surface area contributed by atoms with Crippen LogP contribution in [0, 0.1) is 0 Å². The number of hydrogen-bond donors (Lipinski definition) is 0. The topological polar surface area (TPSA) is 49.9 Å². The molecule has 0 N–H and O–H groups in total. The third-order valence-electron chi connectivity index (χ3n) is 18.9. The summed E-state index contributed by atoms with van der Waals surface area (Å²) in [6.07, 6.45) is 85.5. The number of rotatable bonds is 76. The summed E-state index contributed by atoms with van der Waals surface area (Å²) in [5, 5.41) is 8.01. The fraction of sp³-hybridized carbons (Fsp3) is 0.952. The van der Waals surface area contributed by atoms with Crippen LogP contribution in [-0.4, -0.2) is 90.1 Å². The van der Waals surface area contributed by atoms with Gasteiger partial charge < -0.3 is 119 Å². The first-order valence-corrected chi connectivity index (χ1v) is 46.6. The molecule has 0 aromatic rings. The summed E-state index contributed by atoms with van der Waals surface area (Å²) in [6.45, 7) is 25.8. The fourth-order valence-corrected chi connectivity index (χ4v) is 13.5. The largest absolute Gasteiger partial charge is 4.00 e. The van der Waals surface area contributed by atoms with Gasteiger partial charge in [0, 0.05) is 52.4 Å². The van der Waals surface area contributed by atoms with Crippen LogP contribution in [0.1, 0.15) is 466 Å². The second kappa shape index (κ2) is 99.0. The monoisotopic (exact) mass is 1650 g/mol. The summed E-state index contributed by atoms with van der Waals surface area (Å²) >= 11 is 39.6. The number of hydroxylamine groups is 8. The van der Waals surface area contributed by atoms with Crippen LogP contribution >= 0.6 is 48.9 Å². The van der Waals surface area contributed by atoms with Gasteiger partial charge in [-0.1, -0.05) is 415 Å². The summed E-state index contributed by atoms with van der Waals surface area (Å²) in [7, 11) is 0. The van der Waals surface area contributed by atoms with Crippen molar-refractivity contribution >= 4 is 117 Å². The molecule has 0 spiro atoms. The van der Waals surface area contributed by atoms with Crippen LogP contribution in [0.15, 0.2) is 0 Å². The second-order valence-electron chi connectivity index (χ2n) is 28.9. The first-order valence-electron chi connectivity index (χ1n) is 43.4. The molecule has 0 saturated carbocycles. The molecule has 0 bridgehead atoms. The molecular weight excluding hydrogens is 1480 g/mol. The van der Waals surface area contributed by atoms with Gasteiger partial charge in [-0.3, -0.25) is 0 Å². The van der Waals surface area contributed by atoms with Gasteiger partial charge in [0.25, 0.3) is 0 Å². The molecule has 101 heavy (non-hydrogen) atoms. The molecule has 0 aliphatic heterocycles. The minimum Gasteiger partial charge on any atom is -0.426 e. The zero-order chi connectivity index (χ0) is 74.4. The predicted molar refractivity (Wildman–Crippen MR) is 471 cm³/mol. The zero-order valence-corrected chi connectivity index (χ0v) is 76.5. The molecule has 0 aromatic carbocycles. The summed E-state index contributed by atoms with van der Waals surface area (Å²) in [4.78, 5) is 22.2. The summed E-state index contributed by atoms with van der Waals surface area (Å²) in [5.74, 6) is 0. The van der Waals surface area contributed by atoms with Crippen LogP contribution < -0.4 is 0 Å². The van der Waals surface area contributed by atoms with Crippen LogP contribution in [0.2, 0.25) is 0 Å². The molecule has 0 radical (unpaired) electrons. The Morgan fingerprint density at radius 3 is 0.327 bits per heavy atom. The van der Waals surface area contributed by atoms with Crippen molar-refractivity contribution in [1.29, 1.82) is 0 Å². The van der Waals surface area contributed by atoms with Gasteiger partial charge in [0.1, 0.15) is 0 Å². The number of hydrogen-bond acceptors (Lipinski definition) is 16. The van der Waals surface area contributed by atoms with Gasteiger partial charge in [-0.15, -0.1) is 20.3 Å². The molecule has 0 heterocycles. The van der Waals surface area contributed by atoms with Gasteiger partial charge in [0.15, 0.2) is 0 Å². The molecule has 602 valence electrons. The first kappa shape index (κ1) is 111.